The van der Waals surface area contributed by atoms with Crippen LogP contribution in [-0.4, -0.2) is 40.3 Å². The Morgan fingerprint density at radius 2 is 0.776 bits per heavy atom. The molecule has 0 atom stereocenters. The molecule has 0 saturated carbocycles. The van der Waals surface area contributed by atoms with Crippen molar-refractivity contribution in [3.8, 4) is 51.0 Å². The lowest BCUT2D eigenvalue weighted by atomic mass is 10.1. The van der Waals surface area contributed by atoms with Crippen molar-refractivity contribution in [1.29, 1.82) is 0 Å². The van der Waals surface area contributed by atoms with Crippen LogP contribution in [0.3, 0.4) is 0 Å². The molecule has 8 nitrogen and oxygen atoms in total. The fourth-order valence-electron chi connectivity index (χ4n) is 6.05. The summed E-state index contributed by atoms with van der Waals surface area (Å²) in [5.74, 6) is 4.14. The van der Waals surface area contributed by atoms with Gasteiger partial charge < -0.3 is 4.79 Å². The molecular formula is C50H45N7O. The summed E-state index contributed by atoms with van der Waals surface area (Å²) in [5, 5.41) is 0. The predicted octanol–water partition coefficient (Wildman–Crippen LogP) is 11.6. The van der Waals surface area contributed by atoms with Gasteiger partial charge in [0.15, 0.2) is 11.6 Å². The first-order valence-electron chi connectivity index (χ1n) is 19.0. The van der Waals surface area contributed by atoms with E-state index in [0.717, 1.165) is 67.8 Å². The van der Waals surface area contributed by atoms with Crippen molar-refractivity contribution in [2.24, 2.45) is 0 Å². The molecule has 9 aromatic rings. The number of aromatic nitrogens is 7. The van der Waals surface area contributed by atoms with Gasteiger partial charge in [0.25, 0.3) is 0 Å². The molecule has 0 amide bonds. The van der Waals surface area contributed by atoms with Gasteiger partial charge in [-0.2, -0.15) is 0 Å². The van der Waals surface area contributed by atoms with Gasteiger partial charge in [-0.1, -0.05) is 152 Å². The first-order valence-corrected chi connectivity index (χ1v) is 19.0. The van der Waals surface area contributed by atoms with E-state index in [2.05, 4.69) is 76.9 Å². The maximum absolute atomic E-state index is 9.44. The molecule has 0 radical (unpaired) electrons. The van der Waals surface area contributed by atoms with Crippen molar-refractivity contribution < 1.29 is 4.79 Å². The summed E-state index contributed by atoms with van der Waals surface area (Å²) in [6.07, 6.45) is 0. The maximum atomic E-state index is 9.44. The number of hydrogen-bond donors (Lipinski definition) is 0. The standard InChI is InChI=1S/C17H14N2.C16H13N3.C14H12N2.C3H6O/c1-13-18-16(14-8-4-2-5-9-14)12-17(19-13)15-10-6-3-7-11-15;1-12-17-15(13-8-4-2-5-9-13)19-16(18-12)14-10-6-3-7-11-14;1-11-15-13-9-5-6-10-14(13)16(11)12-7-3-2-4-8-12;1-3(2)4/h2-12H,1H3;2-11H,1H3;2-10H,1H3;1-2H3. The largest absolute Gasteiger partial charge is 0.300 e. The van der Waals surface area contributed by atoms with Gasteiger partial charge in [-0.25, -0.2) is 29.9 Å². The van der Waals surface area contributed by atoms with Crippen LogP contribution in [0.2, 0.25) is 0 Å². The molecule has 0 spiro atoms. The minimum absolute atomic E-state index is 0.167. The second-order valence-electron chi connectivity index (χ2n) is 13.4. The number of para-hydroxylation sites is 3. The third-order valence-corrected chi connectivity index (χ3v) is 8.53. The molecule has 286 valence electrons. The number of fused-ring (bicyclic) bond motifs is 1. The number of hydrogen-bond acceptors (Lipinski definition) is 7. The molecule has 8 heteroatoms. The smallest absolute Gasteiger partial charge is 0.163 e. The molecule has 0 bridgehead atoms. The van der Waals surface area contributed by atoms with Crippen molar-refractivity contribution in [1.82, 2.24) is 34.5 Å². The van der Waals surface area contributed by atoms with E-state index in [9.17, 15) is 4.79 Å². The van der Waals surface area contributed by atoms with Crippen LogP contribution in [0.4, 0.5) is 0 Å². The Balaban J connectivity index is 0.000000140. The fourth-order valence-corrected chi connectivity index (χ4v) is 6.05. The second kappa shape index (κ2) is 19.9. The summed E-state index contributed by atoms with van der Waals surface area (Å²) in [6, 6.07) is 60.8. The van der Waals surface area contributed by atoms with Gasteiger partial charge in [0, 0.05) is 27.9 Å². The van der Waals surface area contributed by atoms with Crippen molar-refractivity contribution in [3.63, 3.8) is 0 Å². The number of nitrogens with zero attached hydrogens (tertiary/aromatic N) is 7. The Labute approximate surface area is 340 Å². The molecule has 3 heterocycles. The number of aryl methyl sites for hydroxylation is 3. The number of rotatable bonds is 5. The summed E-state index contributed by atoms with van der Waals surface area (Å²) >= 11 is 0. The van der Waals surface area contributed by atoms with Gasteiger partial charge in [0.05, 0.1) is 22.4 Å². The first-order chi connectivity index (χ1) is 28.2. The molecule has 0 saturated heterocycles. The summed E-state index contributed by atoms with van der Waals surface area (Å²) in [5.41, 5.74) is 9.54. The quantitative estimate of drug-likeness (QED) is 0.172. The highest BCUT2D eigenvalue weighted by molar-refractivity contribution is 5.78. The monoisotopic (exact) mass is 759 g/mol. The highest BCUT2D eigenvalue weighted by Crippen LogP contribution is 2.24. The number of Topliss-reactive ketones (excluding diaryl/α,β-unsaturated/α-hetero) is 1. The van der Waals surface area contributed by atoms with Crippen LogP contribution >= 0.6 is 0 Å². The van der Waals surface area contributed by atoms with Gasteiger partial charge in [0.1, 0.15) is 23.3 Å². The molecule has 0 aliphatic carbocycles. The molecule has 0 aliphatic heterocycles. The van der Waals surface area contributed by atoms with E-state index < -0.39 is 0 Å². The summed E-state index contributed by atoms with van der Waals surface area (Å²) in [7, 11) is 0. The highest BCUT2D eigenvalue weighted by atomic mass is 16.1. The molecule has 0 aliphatic rings. The topological polar surface area (TPSA) is 99.3 Å². The van der Waals surface area contributed by atoms with Crippen molar-refractivity contribution in [2.75, 3.05) is 0 Å². The van der Waals surface area contributed by atoms with Crippen LogP contribution in [0.1, 0.15) is 31.3 Å². The van der Waals surface area contributed by atoms with Gasteiger partial charge in [-0.15, -0.1) is 0 Å². The molecule has 0 N–H and O–H groups in total. The lowest BCUT2D eigenvalue weighted by molar-refractivity contribution is -0.115. The molecule has 0 fully saturated rings. The zero-order valence-corrected chi connectivity index (χ0v) is 33.4. The third kappa shape index (κ3) is 11.1. The molecule has 9 rings (SSSR count). The average Bonchev–Trinajstić information content (AvgIpc) is 3.60. The maximum Gasteiger partial charge on any atom is 0.163 e. The van der Waals surface area contributed by atoms with E-state index in [1.165, 1.54) is 13.8 Å². The van der Waals surface area contributed by atoms with E-state index in [-0.39, 0.29) is 5.78 Å². The number of imidazole rings is 1. The van der Waals surface area contributed by atoms with Crippen LogP contribution < -0.4 is 0 Å². The third-order valence-electron chi connectivity index (χ3n) is 8.53. The van der Waals surface area contributed by atoms with Crippen LogP contribution in [-0.2, 0) is 4.79 Å². The fraction of sp³-hybridized carbons (Fsp3) is 0.100. The van der Waals surface area contributed by atoms with Crippen molar-refractivity contribution in [3.05, 3.63) is 199 Å². The van der Waals surface area contributed by atoms with Gasteiger partial charge in [-0.3, -0.25) is 4.57 Å². The number of benzene rings is 6. The Morgan fingerprint density at radius 3 is 1.22 bits per heavy atom. The van der Waals surface area contributed by atoms with Gasteiger partial charge >= 0.3 is 0 Å². The van der Waals surface area contributed by atoms with E-state index in [1.54, 1.807) is 0 Å². The van der Waals surface area contributed by atoms with Crippen LogP contribution in [0, 0.1) is 20.8 Å². The van der Waals surface area contributed by atoms with Crippen molar-refractivity contribution >= 4 is 16.8 Å². The zero-order valence-electron chi connectivity index (χ0n) is 33.4. The minimum Gasteiger partial charge on any atom is -0.300 e. The second-order valence-corrected chi connectivity index (χ2v) is 13.4. The van der Waals surface area contributed by atoms with E-state index >= 15 is 0 Å². The molecular weight excluding hydrogens is 715 g/mol. The van der Waals surface area contributed by atoms with Crippen LogP contribution in [0.5, 0.6) is 0 Å². The van der Waals surface area contributed by atoms with E-state index in [0.29, 0.717) is 11.6 Å². The lowest BCUT2D eigenvalue weighted by Gasteiger charge is -2.06. The first kappa shape index (κ1) is 40.2. The SMILES string of the molecule is CC(C)=O.Cc1nc(-c2ccccc2)cc(-c2ccccc2)n1.Cc1nc(-c2ccccc2)nc(-c2ccccc2)n1.Cc1nc2ccccc2n1-c1ccccc1. The molecule has 3 aromatic heterocycles. The average molecular weight is 760 g/mol. The predicted molar refractivity (Wildman–Crippen MR) is 235 cm³/mol. The minimum atomic E-state index is 0.167. The van der Waals surface area contributed by atoms with E-state index in [1.807, 2.05) is 160 Å². The highest BCUT2D eigenvalue weighted by Gasteiger charge is 2.09. The van der Waals surface area contributed by atoms with Crippen molar-refractivity contribution in [2.45, 2.75) is 34.6 Å². The normalized spacial score (nSPS) is 10.2. The number of carbonyl (C=O) groups excluding carboxylic acids is 1. The van der Waals surface area contributed by atoms with E-state index in [4.69, 9.17) is 0 Å². The molecule has 0 unspecified atom stereocenters. The Bertz CT molecular complexity index is 2420. The lowest BCUT2D eigenvalue weighted by Crippen LogP contribution is -1.99. The van der Waals surface area contributed by atoms with Crippen LogP contribution in [0.25, 0.3) is 62.0 Å². The Hall–Kier alpha value is -7.45. The number of ketones is 1. The van der Waals surface area contributed by atoms with Gasteiger partial charge in [0.2, 0.25) is 0 Å². The van der Waals surface area contributed by atoms with Gasteiger partial charge in [-0.05, 0) is 65.0 Å². The zero-order chi connectivity index (χ0) is 40.7. The summed E-state index contributed by atoms with van der Waals surface area (Å²) in [4.78, 5) is 36.4. The molecule has 58 heavy (non-hydrogen) atoms. The Morgan fingerprint density at radius 1 is 0.414 bits per heavy atom. The summed E-state index contributed by atoms with van der Waals surface area (Å²) < 4.78 is 2.18. The molecule has 6 aromatic carbocycles. The Kier molecular flexibility index (Phi) is 13.8. The number of carbonyl (C=O) groups is 1. The summed E-state index contributed by atoms with van der Waals surface area (Å²) in [6.45, 7) is 8.91. The van der Waals surface area contributed by atoms with Crippen LogP contribution in [0.15, 0.2) is 182 Å².